The summed E-state index contributed by atoms with van der Waals surface area (Å²) in [6.45, 7) is 17.3. The topological polar surface area (TPSA) is 21.3 Å². The number of ether oxygens (including phenoxy) is 1. The van der Waals surface area contributed by atoms with Gasteiger partial charge in [0.1, 0.15) is 0 Å². The molecule has 0 aromatic carbocycles. The van der Waals surface area contributed by atoms with Crippen LogP contribution in [0.4, 0.5) is 0 Å². The van der Waals surface area contributed by atoms with Crippen LogP contribution in [0.2, 0.25) is 0 Å². The Morgan fingerprint density at radius 1 is 1.00 bits per heavy atom. The third-order valence-electron chi connectivity index (χ3n) is 2.86. The highest BCUT2D eigenvalue weighted by Gasteiger charge is 2.20. The molecule has 0 spiro atoms. The Bertz CT molecular complexity index is 177. The molecule has 0 amide bonds. The molecule has 0 aromatic rings. The van der Waals surface area contributed by atoms with Crippen LogP contribution < -0.4 is 5.32 Å². The molecule has 0 aromatic heterocycles. The molecule has 0 saturated heterocycles. The molecule has 0 aliphatic rings. The van der Waals surface area contributed by atoms with Gasteiger partial charge in [-0.25, -0.2) is 0 Å². The maximum absolute atomic E-state index is 5.73. The van der Waals surface area contributed by atoms with Crippen LogP contribution in [0.25, 0.3) is 0 Å². The Morgan fingerprint density at radius 3 is 1.82 bits per heavy atom. The van der Waals surface area contributed by atoms with E-state index in [0.717, 1.165) is 25.0 Å². The number of rotatable bonds is 9. The van der Waals surface area contributed by atoms with Crippen molar-refractivity contribution in [3.8, 4) is 0 Å². The lowest BCUT2D eigenvalue weighted by Crippen LogP contribution is -2.43. The van der Waals surface area contributed by atoms with Crippen molar-refractivity contribution in [2.75, 3.05) is 13.2 Å². The van der Waals surface area contributed by atoms with Gasteiger partial charge in [0.05, 0.1) is 5.60 Å². The quantitative estimate of drug-likeness (QED) is 0.664. The first-order valence-electron chi connectivity index (χ1n) is 7.14. The molecule has 0 aliphatic carbocycles. The molecule has 0 atom stereocenters. The molecular weight excluding hydrogens is 210 g/mol. The van der Waals surface area contributed by atoms with Crippen LogP contribution in [-0.4, -0.2) is 24.8 Å². The van der Waals surface area contributed by atoms with Crippen LogP contribution in [0, 0.1) is 11.8 Å². The first-order chi connectivity index (χ1) is 7.76. The van der Waals surface area contributed by atoms with Crippen molar-refractivity contribution in [2.45, 2.75) is 73.0 Å². The second kappa shape index (κ2) is 8.10. The lowest BCUT2D eigenvalue weighted by molar-refractivity contribution is -0.0114. The fourth-order valence-corrected chi connectivity index (χ4v) is 2.23. The first-order valence-corrected chi connectivity index (χ1v) is 7.14. The highest BCUT2D eigenvalue weighted by Crippen LogP contribution is 2.15. The third-order valence-corrected chi connectivity index (χ3v) is 2.86. The molecular formula is C15H33NO. The van der Waals surface area contributed by atoms with Crippen LogP contribution in [0.3, 0.4) is 0 Å². The molecule has 0 radical (unpaired) electrons. The maximum atomic E-state index is 5.73. The average Bonchev–Trinajstić information content (AvgIpc) is 2.12. The van der Waals surface area contributed by atoms with Crippen molar-refractivity contribution in [3.63, 3.8) is 0 Å². The van der Waals surface area contributed by atoms with Crippen LogP contribution >= 0.6 is 0 Å². The molecule has 0 saturated carbocycles. The fraction of sp³-hybridized carbons (Fsp3) is 1.00. The van der Waals surface area contributed by atoms with Crippen LogP contribution in [0.15, 0.2) is 0 Å². The molecule has 2 heteroatoms. The molecule has 17 heavy (non-hydrogen) atoms. The van der Waals surface area contributed by atoms with E-state index in [1.54, 1.807) is 0 Å². The van der Waals surface area contributed by atoms with Gasteiger partial charge in [0, 0.05) is 19.2 Å². The normalized spacial score (nSPS) is 13.1. The highest BCUT2D eigenvalue weighted by atomic mass is 16.5. The minimum atomic E-state index is -0.0546. The van der Waals surface area contributed by atoms with Gasteiger partial charge >= 0.3 is 0 Å². The van der Waals surface area contributed by atoms with Gasteiger partial charge in [-0.2, -0.15) is 0 Å². The van der Waals surface area contributed by atoms with Crippen molar-refractivity contribution in [2.24, 2.45) is 11.8 Å². The van der Waals surface area contributed by atoms with Crippen molar-refractivity contribution in [1.82, 2.24) is 5.32 Å². The lowest BCUT2D eigenvalue weighted by Gasteiger charge is -2.30. The zero-order valence-corrected chi connectivity index (χ0v) is 13.0. The van der Waals surface area contributed by atoms with Gasteiger partial charge in [-0.15, -0.1) is 0 Å². The molecule has 0 rings (SSSR count). The van der Waals surface area contributed by atoms with Crippen LogP contribution in [-0.2, 0) is 4.74 Å². The van der Waals surface area contributed by atoms with Crippen molar-refractivity contribution in [3.05, 3.63) is 0 Å². The Balaban J connectivity index is 4.14. The Hall–Kier alpha value is -0.0800. The van der Waals surface area contributed by atoms with Crippen molar-refractivity contribution < 1.29 is 4.74 Å². The van der Waals surface area contributed by atoms with Gasteiger partial charge < -0.3 is 10.1 Å². The Morgan fingerprint density at radius 2 is 1.47 bits per heavy atom. The minimum absolute atomic E-state index is 0.0546. The fourth-order valence-electron chi connectivity index (χ4n) is 2.23. The van der Waals surface area contributed by atoms with Gasteiger partial charge in [0.2, 0.25) is 0 Å². The van der Waals surface area contributed by atoms with Gasteiger partial charge in [-0.3, -0.25) is 0 Å². The molecule has 0 bridgehead atoms. The molecule has 104 valence electrons. The minimum Gasteiger partial charge on any atom is -0.375 e. The van der Waals surface area contributed by atoms with E-state index in [1.807, 2.05) is 0 Å². The molecule has 1 N–H and O–H groups in total. The summed E-state index contributed by atoms with van der Waals surface area (Å²) in [6, 6.07) is 0.620. The van der Waals surface area contributed by atoms with Gasteiger partial charge in [0.25, 0.3) is 0 Å². The lowest BCUT2D eigenvalue weighted by atomic mass is 9.95. The number of hydrogen-bond donors (Lipinski definition) is 1. The summed E-state index contributed by atoms with van der Waals surface area (Å²) in [5.41, 5.74) is -0.0546. The summed E-state index contributed by atoms with van der Waals surface area (Å²) in [5, 5.41) is 3.68. The smallest absolute Gasteiger partial charge is 0.0750 e. The average molecular weight is 243 g/mol. The van der Waals surface area contributed by atoms with Gasteiger partial charge in [0.15, 0.2) is 0 Å². The standard InChI is InChI=1S/C15H33NO/c1-8-17-15(6,7)11-16-14(9-12(2)3)10-13(4)5/h12-14,16H,8-11H2,1-7H3. The highest BCUT2D eigenvalue weighted by molar-refractivity contribution is 4.77. The Labute approximate surface area is 109 Å². The molecule has 0 aliphatic heterocycles. The molecule has 2 nitrogen and oxygen atoms in total. The van der Waals surface area contributed by atoms with E-state index in [1.165, 1.54) is 12.8 Å². The maximum Gasteiger partial charge on any atom is 0.0750 e. The first kappa shape index (κ1) is 16.9. The Kier molecular flexibility index (Phi) is 8.06. The van der Waals surface area contributed by atoms with E-state index < -0.39 is 0 Å². The van der Waals surface area contributed by atoms with E-state index in [4.69, 9.17) is 4.74 Å². The predicted molar refractivity (Wildman–Crippen MR) is 76.4 cm³/mol. The van der Waals surface area contributed by atoms with Gasteiger partial charge in [-0.1, -0.05) is 27.7 Å². The SMILES string of the molecule is CCOC(C)(C)CNC(CC(C)C)CC(C)C. The van der Waals surface area contributed by atoms with Crippen LogP contribution in [0.5, 0.6) is 0 Å². The van der Waals surface area contributed by atoms with E-state index in [0.29, 0.717) is 6.04 Å². The summed E-state index contributed by atoms with van der Waals surface area (Å²) >= 11 is 0. The molecule has 0 heterocycles. The van der Waals surface area contributed by atoms with Crippen molar-refractivity contribution in [1.29, 1.82) is 0 Å². The summed E-state index contributed by atoms with van der Waals surface area (Å²) in [6.07, 6.45) is 2.50. The largest absolute Gasteiger partial charge is 0.375 e. The van der Waals surface area contributed by atoms with E-state index in [-0.39, 0.29) is 5.60 Å². The van der Waals surface area contributed by atoms with E-state index in [2.05, 4.69) is 53.8 Å². The zero-order chi connectivity index (χ0) is 13.5. The van der Waals surface area contributed by atoms with E-state index >= 15 is 0 Å². The molecule has 0 unspecified atom stereocenters. The second-order valence-corrected chi connectivity index (χ2v) is 6.53. The summed E-state index contributed by atoms with van der Waals surface area (Å²) < 4.78 is 5.73. The summed E-state index contributed by atoms with van der Waals surface area (Å²) in [4.78, 5) is 0. The van der Waals surface area contributed by atoms with Crippen molar-refractivity contribution >= 4 is 0 Å². The number of hydrogen-bond acceptors (Lipinski definition) is 2. The third kappa shape index (κ3) is 9.61. The summed E-state index contributed by atoms with van der Waals surface area (Å²) in [5.74, 6) is 1.50. The monoisotopic (exact) mass is 243 g/mol. The number of nitrogens with one attached hydrogen (secondary N) is 1. The van der Waals surface area contributed by atoms with Gasteiger partial charge in [-0.05, 0) is 45.4 Å². The van der Waals surface area contributed by atoms with Crippen LogP contribution in [0.1, 0.15) is 61.3 Å². The molecule has 0 fully saturated rings. The predicted octanol–water partition coefficient (Wildman–Crippen LogP) is 3.85. The zero-order valence-electron chi connectivity index (χ0n) is 13.0. The summed E-state index contributed by atoms with van der Waals surface area (Å²) in [7, 11) is 0. The second-order valence-electron chi connectivity index (χ2n) is 6.53. The van der Waals surface area contributed by atoms with E-state index in [9.17, 15) is 0 Å².